The van der Waals surface area contributed by atoms with Gasteiger partial charge >= 0.3 is 0 Å². The topological polar surface area (TPSA) is 86.4 Å². The number of H-pyrrole nitrogens is 2. The van der Waals surface area contributed by atoms with Gasteiger partial charge in [-0.15, -0.1) is 16.8 Å². The molecule has 0 saturated carbocycles. The van der Waals surface area contributed by atoms with Crippen LogP contribution in [0.25, 0.3) is 22.1 Å². The number of aromatic amines is 2. The van der Waals surface area contributed by atoms with Crippen LogP contribution in [0.3, 0.4) is 0 Å². The zero-order valence-electron chi connectivity index (χ0n) is 13.1. The van der Waals surface area contributed by atoms with E-state index in [0.29, 0.717) is 0 Å². The number of benzene rings is 2. The van der Waals surface area contributed by atoms with Crippen molar-refractivity contribution in [2.24, 2.45) is 0 Å². The van der Waals surface area contributed by atoms with Crippen molar-refractivity contribution in [3.63, 3.8) is 0 Å². The van der Waals surface area contributed by atoms with Crippen molar-refractivity contribution in [1.82, 2.24) is 35.7 Å². The average Bonchev–Trinajstić information content (AvgIpc) is 3.25. The highest BCUT2D eigenvalue weighted by Gasteiger charge is 2.12. The predicted molar refractivity (Wildman–Crippen MR) is 92.1 cm³/mol. The Morgan fingerprint density at radius 3 is 1.92 bits per heavy atom. The van der Waals surface area contributed by atoms with Gasteiger partial charge in [0.1, 0.15) is 11.0 Å². The highest BCUT2D eigenvalue weighted by atomic mass is 15.3. The summed E-state index contributed by atoms with van der Waals surface area (Å²) >= 11 is 0. The molecule has 4 aromatic rings. The first-order valence-electron chi connectivity index (χ1n) is 7.75. The summed E-state index contributed by atoms with van der Waals surface area (Å²) in [6.45, 7) is 6.15. The highest BCUT2D eigenvalue weighted by molar-refractivity contribution is 5.78. The molecule has 2 N–H and O–H groups in total. The van der Waals surface area contributed by atoms with Gasteiger partial charge in [0.05, 0.1) is 11.0 Å². The Hall–Kier alpha value is -3.06. The van der Waals surface area contributed by atoms with Crippen LogP contribution < -0.4 is 0 Å². The molecule has 0 amide bonds. The smallest absolute Gasteiger partial charge is 0.117 e. The van der Waals surface area contributed by atoms with E-state index in [0.717, 1.165) is 52.8 Å². The molecule has 0 spiro atoms. The maximum Gasteiger partial charge on any atom is 0.117 e. The van der Waals surface area contributed by atoms with Gasteiger partial charge in [0.2, 0.25) is 0 Å². The molecule has 4 rings (SSSR count). The molecule has 2 heterocycles. The molecular formula is C17H17N7. The number of hydrogen-bond donors (Lipinski definition) is 2. The zero-order valence-corrected chi connectivity index (χ0v) is 13.1. The second-order valence-corrected chi connectivity index (χ2v) is 5.71. The second kappa shape index (κ2) is 6.21. The van der Waals surface area contributed by atoms with E-state index in [4.69, 9.17) is 0 Å². The molecule has 0 aliphatic rings. The lowest BCUT2D eigenvalue weighted by molar-refractivity contribution is 0.288. The minimum atomic E-state index is 0.754. The van der Waals surface area contributed by atoms with E-state index in [-0.39, 0.29) is 0 Å². The second-order valence-electron chi connectivity index (χ2n) is 5.71. The first-order valence-corrected chi connectivity index (χ1v) is 7.75. The Morgan fingerprint density at radius 2 is 1.42 bits per heavy atom. The lowest BCUT2D eigenvalue weighted by atomic mass is 10.1. The third-order valence-electron chi connectivity index (χ3n) is 4.06. The van der Waals surface area contributed by atoms with E-state index < -0.39 is 0 Å². The summed E-state index contributed by atoms with van der Waals surface area (Å²) in [7, 11) is 0. The molecule has 0 bridgehead atoms. The van der Waals surface area contributed by atoms with Gasteiger partial charge in [-0.25, -0.2) is 0 Å². The lowest BCUT2D eigenvalue weighted by Crippen LogP contribution is -2.23. The molecule has 7 heteroatoms. The van der Waals surface area contributed by atoms with Crippen LogP contribution in [0, 0.1) is 0 Å². The Labute approximate surface area is 138 Å². The van der Waals surface area contributed by atoms with Crippen LogP contribution in [-0.4, -0.2) is 42.3 Å². The molecule has 0 unspecified atom stereocenters. The normalized spacial score (nSPS) is 11.5. The molecule has 120 valence electrons. The SMILES string of the molecule is C=CCN(Cc1cccc2[nH]nnc12)Cc1cccc2[nH]nnc12. The van der Waals surface area contributed by atoms with Crippen LogP contribution in [0.1, 0.15) is 11.1 Å². The molecule has 0 saturated heterocycles. The summed E-state index contributed by atoms with van der Waals surface area (Å²) < 4.78 is 0. The zero-order chi connectivity index (χ0) is 16.4. The van der Waals surface area contributed by atoms with Gasteiger partial charge in [-0.1, -0.05) is 40.8 Å². The molecule has 0 aliphatic heterocycles. The van der Waals surface area contributed by atoms with E-state index in [9.17, 15) is 0 Å². The summed E-state index contributed by atoms with van der Waals surface area (Å²) in [6, 6.07) is 12.2. The fraction of sp³-hybridized carbons (Fsp3) is 0.176. The standard InChI is InChI=1S/C17H17N7/c1-2-9-24(10-12-5-3-7-14-16(12)20-22-18-14)11-13-6-4-8-15-17(13)21-23-19-15/h2-8H,1,9-11H2,(H,18,20,22)(H,19,21,23). The van der Waals surface area contributed by atoms with E-state index in [1.54, 1.807) is 0 Å². The average molecular weight is 319 g/mol. The van der Waals surface area contributed by atoms with Crippen molar-refractivity contribution in [2.45, 2.75) is 13.1 Å². The van der Waals surface area contributed by atoms with Gasteiger partial charge in [-0.2, -0.15) is 0 Å². The monoisotopic (exact) mass is 319 g/mol. The Bertz CT molecular complexity index is 909. The number of nitrogens with zero attached hydrogens (tertiary/aromatic N) is 5. The first kappa shape index (κ1) is 14.5. The third kappa shape index (κ3) is 2.65. The molecular weight excluding hydrogens is 302 g/mol. The third-order valence-corrected chi connectivity index (χ3v) is 4.06. The van der Waals surface area contributed by atoms with E-state index in [1.165, 1.54) is 0 Å². The fourth-order valence-electron chi connectivity index (χ4n) is 2.96. The Balaban J connectivity index is 1.64. The molecule has 0 fully saturated rings. The number of aromatic nitrogens is 6. The summed E-state index contributed by atoms with van der Waals surface area (Å²) in [5.41, 5.74) is 5.98. The van der Waals surface area contributed by atoms with Crippen molar-refractivity contribution in [1.29, 1.82) is 0 Å². The number of fused-ring (bicyclic) bond motifs is 2. The molecule has 24 heavy (non-hydrogen) atoms. The molecule has 0 aliphatic carbocycles. The van der Waals surface area contributed by atoms with Crippen molar-refractivity contribution in [2.75, 3.05) is 6.54 Å². The van der Waals surface area contributed by atoms with Crippen LogP contribution in [0.4, 0.5) is 0 Å². The lowest BCUT2D eigenvalue weighted by Gasteiger charge is -2.21. The minimum Gasteiger partial charge on any atom is -0.291 e. The van der Waals surface area contributed by atoms with E-state index >= 15 is 0 Å². The largest absolute Gasteiger partial charge is 0.291 e. The van der Waals surface area contributed by atoms with Crippen LogP contribution in [0.15, 0.2) is 49.1 Å². The quantitative estimate of drug-likeness (QED) is 0.533. The number of hydrogen-bond acceptors (Lipinski definition) is 5. The molecule has 7 nitrogen and oxygen atoms in total. The van der Waals surface area contributed by atoms with Gasteiger partial charge in [-0.05, 0) is 23.3 Å². The summed E-state index contributed by atoms with van der Waals surface area (Å²) in [4.78, 5) is 2.29. The summed E-state index contributed by atoms with van der Waals surface area (Å²) in [5.74, 6) is 0. The Kier molecular flexibility index (Phi) is 3.76. The van der Waals surface area contributed by atoms with Gasteiger partial charge in [0.15, 0.2) is 0 Å². The maximum absolute atomic E-state index is 4.20. The van der Waals surface area contributed by atoms with Crippen LogP contribution in [0.2, 0.25) is 0 Å². The number of rotatable bonds is 6. The molecule has 0 atom stereocenters. The van der Waals surface area contributed by atoms with Crippen LogP contribution >= 0.6 is 0 Å². The van der Waals surface area contributed by atoms with E-state index in [2.05, 4.69) is 54.4 Å². The minimum absolute atomic E-state index is 0.754. The van der Waals surface area contributed by atoms with Gasteiger partial charge in [0, 0.05) is 19.6 Å². The summed E-state index contributed by atoms with van der Waals surface area (Å²) in [6.07, 6.45) is 1.91. The molecule has 0 radical (unpaired) electrons. The maximum atomic E-state index is 4.20. The van der Waals surface area contributed by atoms with Crippen molar-refractivity contribution in [3.05, 3.63) is 60.2 Å². The number of nitrogens with one attached hydrogen (secondary N) is 2. The predicted octanol–water partition coefficient (Wildman–Crippen LogP) is 2.42. The summed E-state index contributed by atoms with van der Waals surface area (Å²) in [5, 5.41) is 22.0. The van der Waals surface area contributed by atoms with Crippen LogP contribution in [-0.2, 0) is 13.1 Å². The molecule has 2 aromatic carbocycles. The van der Waals surface area contributed by atoms with Crippen LogP contribution in [0.5, 0.6) is 0 Å². The van der Waals surface area contributed by atoms with Gasteiger partial charge < -0.3 is 0 Å². The van der Waals surface area contributed by atoms with Crippen molar-refractivity contribution < 1.29 is 0 Å². The van der Waals surface area contributed by atoms with Gasteiger partial charge in [0.25, 0.3) is 0 Å². The van der Waals surface area contributed by atoms with E-state index in [1.807, 2.05) is 30.3 Å². The fourth-order valence-corrected chi connectivity index (χ4v) is 2.96. The van der Waals surface area contributed by atoms with Crippen molar-refractivity contribution >= 4 is 22.1 Å². The Morgan fingerprint density at radius 1 is 0.875 bits per heavy atom. The highest BCUT2D eigenvalue weighted by Crippen LogP contribution is 2.20. The van der Waals surface area contributed by atoms with Crippen molar-refractivity contribution in [3.8, 4) is 0 Å². The molecule has 2 aromatic heterocycles. The van der Waals surface area contributed by atoms with Gasteiger partial charge in [-0.3, -0.25) is 15.1 Å². The first-order chi connectivity index (χ1) is 11.8.